The van der Waals surface area contributed by atoms with Crippen molar-refractivity contribution in [3.63, 3.8) is 0 Å². The Balaban J connectivity index is 0.000000173. The van der Waals surface area contributed by atoms with Crippen molar-refractivity contribution >= 4 is 35.6 Å². The van der Waals surface area contributed by atoms with Crippen LogP contribution >= 0.6 is 0 Å². The van der Waals surface area contributed by atoms with Gasteiger partial charge in [0.15, 0.2) is 0 Å². The number of carbonyl (C=O) groups is 6. The summed E-state index contributed by atoms with van der Waals surface area (Å²) in [4.78, 5) is 101. The molecule has 11 atom stereocenters. The van der Waals surface area contributed by atoms with Gasteiger partial charge in [-0.3, -0.25) is 68.0 Å². The molecule has 16 saturated heterocycles. The van der Waals surface area contributed by atoms with Gasteiger partial charge in [-0.2, -0.15) is 0 Å². The fourth-order valence-corrected chi connectivity index (χ4v) is 23.0. The Bertz CT molecular complexity index is 3350. The van der Waals surface area contributed by atoms with Gasteiger partial charge in [-0.15, -0.1) is 0 Å². The van der Waals surface area contributed by atoms with Gasteiger partial charge in [0.2, 0.25) is 17.7 Å². The zero-order valence-corrected chi connectivity index (χ0v) is 82.1. The summed E-state index contributed by atoms with van der Waals surface area (Å²) in [6.45, 7) is 15.3. The molecule has 16 fully saturated rings. The number of carboxylic acid groups (broad SMARTS) is 1. The Labute approximate surface area is 791 Å². The predicted octanol–water partition coefficient (Wildman–Crippen LogP) is 4.82. The van der Waals surface area contributed by atoms with Crippen LogP contribution in [0.5, 0.6) is 0 Å². The SMILES string of the molecule is CN1CCC(N2CC(F)(F)CC2C(=O)O)CC1.CN1CCC(N2CC(F)(F)CC2C(N)=O)CC1.CN1CCC(N2C[C@@H](F)C[C@@H]2CO)CC1.CN1CCC(N2C[C@H](F)C[C@@H]2CO)CC1.CNC(=O)[C@@H]1CC(F)(F)CN1C1CCN(C)CC1.CNC(=O)[C@H]1CC(F)(F)CN1C1CCN(C)CC1.COC(=O)C1CC(F)(F)CN1C1CCN(C)CC1.COC(=O)[C@H]1C[C@H](F)CN1C1CCN(C)CC1. The highest BCUT2D eigenvalue weighted by atomic mass is 19.3. The molecule has 135 heavy (non-hydrogen) atoms. The highest BCUT2D eigenvalue weighted by Crippen LogP contribution is 2.42. The standard InChI is InChI=1S/2C12H21F2N3O.C12H20F2N2O2.C12H21FN2O2.C11H19F2N3O.C11H18F2N2O2.2C11H21FN2O/c2*1-15-11(18)10-7-12(13,14)8-17(10)9-3-5-16(2)6-4-9;1-15-5-3-9(4-6-15)16-8-12(13,14)7-10(16)11(17)18-2;1-14-5-3-10(4-6-14)15-8-9(13)7-11(15)12(16)17-2;1-15-4-2-8(3-5-15)16-7-11(12,13)6-9(16)10(14)17;1-14-4-2-8(3-5-14)15-7-11(12,13)6-9(15)10(16)17;2*1-13-4-2-10(3-5-13)14-7-9(12)6-11(14)8-15/h2*9-10H,3-8H2,1-2H3,(H,15,18);9-10H,3-8H2,1-2H3;9-11H,3-8H2,1-2H3;8-9H,2-7H2,1H3,(H2,14,17);8-9H,2-7H2,1H3,(H,16,17);2*9-11,15H,2-8H2,1H3/t2*10-;;9-,11+;;;9-,11+;9-,11-/m10.0..01/s1. The number of nitrogens with two attached hydrogens (primary N) is 1. The summed E-state index contributed by atoms with van der Waals surface area (Å²) in [6, 6.07) is -2.53. The largest absolute Gasteiger partial charge is 0.480 e. The van der Waals surface area contributed by atoms with E-state index in [1.807, 2.05) is 40.1 Å². The number of hydrogen-bond donors (Lipinski definition) is 6. The van der Waals surface area contributed by atoms with Gasteiger partial charge in [-0.05, 0) is 277 Å². The Kier molecular flexibility index (Phi) is 43.8. The van der Waals surface area contributed by atoms with E-state index in [4.69, 9.17) is 15.6 Å². The molecule has 0 aromatic carbocycles. The maximum absolute atomic E-state index is 13.5. The monoisotopic (exact) mass is 1960 g/mol. The highest BCUT2D eigenvalue weighted by Gasteiger charge is 2.56. The van der Waals surface area contributed by atoms with Crippen molar-refractivity contribution < 1.29 is 111 Å². The number of hydrogen-bond acceptors (Lipinski definition) is 26. The molecule has 0 spiro atoms. The average Bonchev–Trinajstić information content (AvgIpc) is 1.58. The second kappa shape index (κ2) is 51.9. The summed E-state index contributed by atoms with van der Waals surface area (Å²) >= 11 is 0. The first-order chi connectivity index (χ1) is 63.6. The number of likely N-dealkylation sites (N-methyl/N-ethyl adjacent to an activating group) is 2. The first-order valence-electron chi connectivity index (χ1n) is 49.3. The van der Waals surface area contributed by atoms with Gasteiger partial charge in [0, 0.05) is 133 Å². The number of aliphatic hydroxyl groups is 2. The molecule has 782 valence electrons. The molecule has 16 heterocycles. The molecule has 0 aromatic rings. The predicted molar refractivity (Wildman–Crippen MR) is 488 cm³/mol. The molecule has 16 rings (SSSR count). The minimum atomic E-state index is -2.85. The first-order valence-corrected chi connectivity index (χ1v) is 49.3. The molecule has 0 radical (unpaired) electrons. The molecule has 7 N–H and O–H groups in total. The van der Waals surface area contributed by atoms with Crippen LogP contribution in [-0.4, -0.2) is 529 Å². The van der Waals surface area contributed by atoms with Gasteiger partial charge < -0.3 is 80.4 Å². The number of nitrogens with zero attached hydrogens (tertiary/aromatic N) is 16. The number of methoxy groups -OCH3 is 2. The quantitative estimate of drug-likeness (QED) is 0.0892. The van der Waals surface area contributed by atoms with Gasteiger partial charge in [0.1, 0.15) is 36.6 Å². The third-order valence-electron chi connectivity index (χ3n) is 31.0. The third kappa shape index (κ3) is 33.7. The van der Waals surface area contributed by atoms with E-state index in [0.717, 1.165) is 207 Å². The molecule has 43 heteroatoms. The number of ether oxygens (including phenoxy) is 2. The van der Waals surface area contributed by atoms with Gasteiger partial charge in [-0.1, -0.05) is 0 Å². The van der Waals surface area contributed by atoms with Crippen LogP contribution in [0.25, 0.3) is 0 Å². The van der Waals surface area contributed by atoms with Crippen LogP contribution in [0.3, 0.4) is 0 Å². The van der Waals surface area contributed by atoms with Crippen LogP contribution in [-0.2, 0) is 38.2 Å². The molecule has 3 unspecified atom stereocenters. The van der Waals surface area contributed by atoms with Gasteiger partial charge >= 0.3 is 17.9 Å². The molecular weight excluding hydrogens is 1790 g/mol. The molecule has 0 bridgehead atoms. The second-order valence-electron chi connectivity index (χ2n) is 41.3. The van der Waals surface area contributed by atoms with Crippen molar-refractivity contribution in [3.8, 4) is 0 Å². The number of alkyl halides is 13. The van der Waals surface area contributed by atoms with E-state index in [0.29, 0.717) is 57.0 Å². The van der Waals surface area contributed by atoms with Crippen LogP contribution in [0.1, 0.15) is 154 Å². The Morgan fingerprint density at radius 1 is 0.311 bits per heavy atom. The number of rotatable bonds is 16. The zero-order chi connectivity index (χ0) is 99.4. The van der Waals surface area contributed by atoms with E-state index in [1.165, 1.54) is 33.2 Å². The normalized spacial score (nSPS) is 32.4. The zero-order valence-electron chi connectivity index (χ0n) is 82.1. The summed E-state index contributed by atoms with van der Waals surface area (Å²) in [6.07, 6.45) is 11.7. The van der Waals surface area contributed by atoms with Crippen LogP contribution < -0.4 is 16.4 Å². The van der Waals surface area contributed by atoms with E-state index < -0.39 is 122 Å². The third-order valence-corrected chi connectivity index (χ3v) is 31.0. The topological polar surface area (TPSA) is 283 Å². The van der Waals surface area contributed by atoms with Crippen molar-refractivity contribution in [1.82, 2.24) is 89.0 Å². The fraction of sp³-hybridized carbons (Fsp3) is 0.935. The first kappa shape index (κ1) is 114. The number of piperidine rings is 8. The van der Waals surface area contributed by atoms with Crippen molar-refractivity contribution in [1.29, 1.82) is 0 Å². The number of amides is 3. The maximum Gasteiger partial charge on any atom is 0.323 e. The summed E-state index contributed by atoms with van der Waals surface area (Å²) in [5.41, 5.74) is 5.22. The molecule has 16 aliphatic heterocycles. The van der Waals surface area contributed by atoms with Crippen LogP contribution in [0.15, 0.2) is 0 Å². The van der Waals surface area contributed by atoms with E-state index >= 15 is 0 Å². The van der Waals surface area contributed by atoms with Crippen LogP contribution in [0.2, 0.25) is 0 Å². The molecule has 0 saturated carbocycles. The van der Waals surface area contributed by atoms with Crippen molar-refractivity contribution in [2.45, 2.75) is 299 Å². The summed E-state index contributed by atoms with van der Waals surface area (Å²) in [5.74, 6) is -17.0. The van der Waals surface area contributed by atoms with Crippen molar-refractivity contribution in [2.75, 3.05) is 255 Å². The number of aliphatic carboxylic acids is 1. The maximum atomic E-state index is 13.5. The van der Waals surface area contributed by atoms with E-state index in [-0.39, 0.29) is 118 Å². The van der Waals surface area contributed by atoms with Gasteiger partial charge in [-0.25, -0.2) is 57.1 Å². The summed E-state index contributed by atoms with van der Waals surface area (Å²) in [7, 11) is 22.1. The van der Waals surface area contributed by atoms with Crippen molar-refractivity contribution in [2.24, 2.45) is 5.73 Å². The molecule has 3 amide bonds. The lowest BCUT2D eigenvalue weighted by molar-refractivity contribution is -0.147. The number of carboxylic acids is 1. The number of halogens is 13. The molecule has 0 aromatic heterocycles. The highest BCUT2D eigenvalue weighted by molar-refractivity contribution is 5.83. The molecule has 0 aliphatic carbocycles. The lowest BCUT2D eigenvalue weighted by atomic mass is 10.0. The average molecular weight is 1960 g/mol. The number of aliphatic hydroxyl groups excluding tert-OH is 2. The van der Waals surface area contributed by atoms with Crippen LogP contribution in [0.4, 0.5) is 57.1 Å². The van der Waals surface area contributed by atoms with E-state index in [9.17, 15) is 96.1 Å². The minimum Gasteiger partial charge on any atom is -0.480 e. The van der Waals surface area contributed by atoms with Crippen molar-refractivity contribution in [3.05, 3.63) is 0 Å². The number of nitrogens with one attached hydrogen (secondary N) is 2. The smallest absolute Gasteiger partial charge is 0.323 e. The lowest BCUT2D eigenvalue weighted by Crippen LogP contribution is -2.50. The molecular formula is C92H162F13N19O11. The minimum absolute atomic E-state index is 0.0133. The Morgan fingerprint density at radius 2 is 0.511 bits per heavy atom. The number of carbonyl (C=O) groups excluding carboxylic acids is 5. The Hall–Kier alpha value is -4.81. The number of primary amides is 1. The molecule has 16 aliphatic rings. The Morgan fingerprint density at radius 3 is 0.756 bits per heavy atom. The van der Waals surface area contributed by atoms with Gasteiger partial charge in [0.25, 0.3) is 29.6 Å². The number of likely N-dealkylation sites (tertiary alicyclic amines) is 16. The lowest BCUT2D eigenvalue weighted by Gasteiger charge is -2.37. The second-order valence-corrected chi connectivity index (χ2v) is 41.3. The van der Waals surface area contributed by atoms with E-state index in [1.54, 1.807) is 19.6 Å². The van der Waals surface area contributed by atoms with E-state index in [2.05, 4.69) is 85.5 Å². The van der Waals surface area contributed by atoms with Gasteiger partial charge in [0.05, 0.1) is 78.3 Å². The number of esters is 2. The summed E-state index contributed by atoms with van der Waals surface area (Å²) < 4.78 is 184. The summed E-state index contributed by atoms with van der Waals surface area (Å²) in [5, 5.41) is 32.4. The fourth-order valence-electron chi connectivity index (χ4n) is 23.0. The van der Waals surface area contributed by atoms with Crippen LogP contribution in [0, 0.1) is 0 Å². The molecule has 30 nitrogen and oxygen atoms in total.